The van der Waals surface area contributed by atoms with Gasteiger partial charge in [0.15, 0.2) is 0 Å². The first-order valence-corrected chi connectivity index (χ1v) is 7.11. The third-order valence-corrected chi connectivity index (χ3v) is 3.81. The number of carbonyl (C=O) groups excluding carboxylic acids is 2. The number of alkyl halides is 2. The van der Waals surface area contributed by atoms with E-state index in [9.17, 15) is 18.4 Å². The zero-order chi connectivity index (χ0) is 16.3. The molecule has 22 heavy (non-hydrogen) atoms. The lowest BCUT2D eigenvalue weighted by molar-refractivity contribution is -0.128. The Morgan fingerprint density at radius 1 is 1.55 bits per heavy atom. The molecule has 0 radical (unpaired) electrons. The molecule has 1 fully saturated rings. The normalized spacial score (nSPS) is 22.0. The van der Waals surface area contributed by atoms with Crippen LogP contribution >= 0.6 is 0 Å². The van der Waals surface area contributed by atoms with E-state index in [-0.39, 0.29) is 24.8 Å². The quantitative estimate of drug-likeness (QED) is 0.901. The second kappa shape index (κ2) is 6.37. The van der Waals surface area contributed by atoms with Gasteiger partial charge in [0.2, 0.25) is 17.7 Å². The smallest absolute Gasteiger partial charge is 0.247 e. The summed E-state index contributed by atoms with van der Waals surface area (Å²) >= 11 is 0. The van der Waals surface area contributed by atoms with Crippen molar-refractivity contribution in [3.8, 4) is 0 Å². The Morgan fingerprint density at radius 2 is 2.27 bits per heavy atom. The number of rotatable bonds is 5. The summed E-state index contributed by atoms with van der Waals surface area (Å²) in [5.74, 6) is -3.93. The van der Waals surface area contributed by atoms with E-state index in [1.54, 1.807) is 31.6 Å². The average Bonchev–Trinajstić information content (AvgIpc) is 2.74. The molecule has 1 N–H and O–H groups in total. The predicted molar refractivity (Wildman–Crippen MR) is 76.1 cm³/mol. The molecule has 1 aromatic heterocycles. The Balaban J connectivity index is 2.07. The minimum atomic E-state index is -2.82. The van der Waals surface area contributed by atoms with Crippen LogP contribution in [0.15, 0.2) is 24.5 Å². The van der Waals surface area contributed by atoms with E-state index in [2.05, 4.69) is 10.3 Å². The SMILES string of the molecule is CN1C(=O)C[C@@H](C(=O)NCCC(C)(F)F)[C@@H]1c1cccnc1. The molecule has 2 atom stereocenters. The first-order valence-electron chi connectivity index (χ1n) is 7.11. The van der Waals surface area contributed by atoms with Crippen molar-refractivity contribution in [1.29, 1.82) is 0 Å². The van der Waals surface area contributed by atoms with Crippen LogP contribution in [-0.4, -0.2) is 41.2 Å². The van der Waals surface area contributed by atoms with Crippen LogP contribution in [0.1, 0.15) is 31.4 Å². The number of halogens is 2. The number of nitrogens with zero attached hydrogens (tertiary/aromatic N) is 2. The Morgan fingerprint density at radius 3 is 2.86 bits per heavy atom. The molecule has 0 saturated carbocycles. The molecule has 2 rings (SSSR count). The first-order chi connectivity index (χ1) is 10.3. The van der Waals surface area contributed by atoms with E-state index >= 15 is 0 Å². The predicted octanol–water partition coefficient (Wildman–Crippen LogP) is 1.76. The number of hydrogen-bond donors (Lipinski definition) is 1. The van der Waals surface area contributed by atoms with Gasteiger partial charge in [-0.05, 0) is 18.6 Å². The van der Waals surface area contributed by atoms with E-state index in [0.717, 1.165) is 12.5 Å². The molecular formula is C15H19F2N3O2. The Labute approximate surface area is 127 Å². The van der Waals surface area contributed by atoms with Gasteiger partial charge in [-0.3, -0.25) is 14.6 Å². The highest BCUT2D eigenvalue weighted by Crippen LogP contribution is 2.36. The summed E-state index contributed by atoms with van der Waals surface area (Å²) in [5.41, 5.74) is 0.761. The maximum absolute atomic E-state index is 12.8. The van der Waals surface area contributed by atoms with Gasteiger partial charge >= 0.3 is 0 Å². The van der Waals surface area contributed by atoms with Crippen LogP contribution in [0.3, 0.4) is 0 Å². The lowest BCUT2D eigenvalue weighted by Crippen LogP contribution is -2.36. The largest absolute Gasteiger partial charge is 0.356 e. The minimum Gasteiger partial charge on any atom is -0.356 e. The van der Waals surface area contributed by atoms with E-state index in [1.807, 2.05) is 0 Å². The van der Waals surface area contributed by atoms with Gasteiger partial charge in [-0.15, -0.1) is 0 Å². The maximum atomic E-state index is 12.8. The van der Waals surface area contributed by atoms with Crippen LogP contribution < -0.4 is 5.32 Å². The third kappa shape index (κ3) is 3.78. The number of amides is 2. The Bertz CT molecular complexity index is 545. The van der Waals surface area contributed by atoms with Crippen LogP contribution in [0.4, 0.5) is 8.78 Å². The Hall–Kier alpha value is -2.05. The van der Waals surface area contributed by atoms with Crippen LogP contribution in [0, 0.1) is 5.92 Å². The highest BCUT2D eigenvalue weighted by molar-refractivity contribution is 5.90. The van der Waals surface area contributed by atoms with Crippen molar-refractivity contribution in [3.63, 3.8) is 0 Å². The molecule has 1 aliphatic rings. The molecule has 0 aromatic carbocycles. The summed E-state index contributed by atoms with van der Waals surface area (Å²) in [5, 5.41) is 2.50. The fourth-order valence-electron chi connectivity index (χ4n) is 2.65. The van der Waals surface area contributed by atoms with Gasteiger partial charge in [-0.2, -0.15) is 0 Å². The zero-order valence-electron chi connectivity index (χ0n) is 12.6. The summed E-state index contributed by atoms with van der Waals surface area (Å²) < 4.78 is 25.6. The van der Waals surface area contributed by atoms with Crippen molar-refractivity contribution in [1.82, 2.24) is 15.2 Å². The Kier molecular flexibility index (Phi) is 4.73. The third-order valence-electron chi connectivity index (χ3n) is 3.81. The van der Waals surface area contributed by atoms with Crippen molar-refractivity contribution in [3.05, 3.63) is 30.1 Å². The molecule has 7 heteroatoms. The molecule has 0 unspecified atom stereocenters. The fraction of sp³-hybridized carbons (Fsp3) is 0.533. The molecule has 1 aliphatic heterocycles. The molecule has 0 bridgehead atoms. The molecule has 1 saturated heterocycles. The summed E-state index contributed by atoms with van der Waals surface area (Å²) in [7, 11) is 1.63. The summed E-state index contributed by atoms with van der Waals surface area (Å²) in [6.07, 6.45) is 2.87. The van der Waals surface area contributed by atoms with Gasteiger partial charge in [0.05, 0.1) is 12.0 Å². The van der Waals surface area contributed by atoms with Crippen LogP contribution in [0.2, 0.25) is 0 Å². The van der Waals surface area contributed by atoms with Crippen molar-refractivity contribution in [2.45, 2.75) is 31.7 Å². The fourth-order valence-corrected chi connectivity index (χ4v) is 2.65. The van der Waals surface area contributed by atoms with Gasteiger partial charge in [0.25, 0.3) is 0 Å². The van der Waals surface area contributed by atoms with E-state index in [4.69, 9.17) is 0 Å². The van der Waals surface area contributed by atoms with Gasteiger partial charge in [0.1, 0.15) is 0 Å². The molecule has 2 amide bonds. The number of aromatic nitrogens is 1. The lowest BCUT2D eigenvalue weighted by Gasteiger charge is -2.24. The lowest BCUT2D eigenvalue weighted by atomic mass is 9.94. The molecule has 120 valence electrons. The van der Waals surface area contributed by atoms with Crippen LogP contribution in [0.25, 0.3) is 0 Å². The summed E-state index contributed by atoms with van der Waals surface area (Å²) in [6.45, 7) is 0.695. The first kappa shape index (κ1) is 16.3. The number of pyridine rings is 1. The number of likely N-dealkylation sites (tertiary alicyclic amines) is 1. The molecule has 5 nitrogen and oxygen atoms in total. The van der Waals surface area contributed by atoms with Crippen molar-refractivity contribution < 1.29 is 18.4 Å². The monoisotopic (exact) mass is 311 g/mol. The summed E-state index contributed by atoms with van der Waals surface area (Å²) in [6, 6.07) is 3.12. The molecule has 1 aromatic rings. The van der Waals surface area contributed by atoms with Gasteiger partial charge < -0.3 is 10.2 Å². The minimum absolute atomic E-state index is 0.0738. The van der Waals surface area contributed by atoms with Crippen molar-refractivity contribution in [2.24, 2.45) is 5.92 Å². The second-order valence-corrected chi connectivity index (χ2v) is 5.66. The topological polar surface area (TPSA) is 62.3 Å². The van der Waals surface area contributed by atoms with Crippen molar-refractivity contribution in [2.75, 3.05) is 13.6 Å². The summed E-state index contributed by atoms with van der Waals surface area (Å²) in [4.78, 5) is 29.7. The van der Waals surface area contributed by atoms with Crippen molar-refractivity contribution >= 4 is 11.8 Å². The number of hydrogen-bond acceptors (Lipinski definition) is 3. The zero-order valence-corrected chi connectivity index (χ0v) is 12.6. The maximum Gasteiger partial charge on any atom is 0.247 e. The van der Waals surface area contributed by atoms with Gasteiger partial charge in [0, 0.05) is 38.8 Å². The molecule has 0 spiro atoms. The van der Waals surface area contributed by atoms with Crippen LogP contribution in [-0.2, 0) is 9.59 Å². The van der Waals surface area contributed by atoms with Gasteiger partial charge in [-0.1, -0.05) is 6.07 Å². The van der Waals surface area contributed by atoms with E-state index in [1.165, 1.54) is 4.90 Å². The number of carbonyl (C=O) groups is 2. The highest BCUT2D eigenvalue weighted by atomic mass is 19.3. The molecule has 2 heterocycles. The highest BCUT2D eigenvalue weighted by Gasteiger charge is 2.42. The number of nitrogens with one attached hydrogen (secondary N) is 1. The molecule has 0 aliphatic carbocycles. The van der Waals surface area contributed by atoms with Crippen LogP contribution in [0.5, 0.6) is 0 Å². The average molecular weight is 311 g/mol. The van der Waals surface area contributed by atoms with E-state index < -0.39 is 24.3 Å². The standard InChI is InChI=1S/C15H19F2N3O2/c1-15(16,17)5-7-19-14(22)11-8-12(21)20(2)13(11)10-4-3-6-18-9-10/h3-4,6,9,11,13H,5,7-8H2,1-2H3,(H,19,22)/t11-,13+/m1/s1. The molecular weight excluding hydrogens is 292 g/mol. The second-order valence-electron chi connectivity index (χ2n) is 5.66. The van der Waals surface area contributed by atoms with Gasteiger partial charge in [-0.25, -0.2) is 8.78 Å². The van der Waals surface area contributed by atoms with E-state index in [0.29, 0.717) is 0 Å².